The molecule has 1 aromatic rings. The first-order chi connectivity index (χ1) is 11.4. The van der Waals surface area contributed by atoms with Crippen molar-refractivity contribution in [2.75, 3.05) is 20.1 Å². The standard InChI is InChI=1S/C20H34N4.HI/c1-16-7-6-12-24(14-16)15-18-10-8-17(9-11-18)13-22-19(21-5)23-20(2,3)4;/h8-11,16H,6-7,12-15H2,1-5H3,(H2,21,22,23);1H. The smallest absolute Gasteiger partial charge is 0.191 e. The van der Waals surface area contributed by atoms with Gasteiger partial charge in [0.2, 0.25) is 0 Å². The molecular weight excluding hydrogens is 423 g/mol. The monoisotopic (exact) mass is 458 g/mol. The molecule has 0 aromatic heterocycles. The summed E-state index contributed by atoms with van der Waals surface area (Å²) in [5, 5.41) is 6.76. The van der Waals surface area contributed by atoms with Crippen molar-refractivity contribution in [3.05, 3.63) is 35.4 Å². The maximum atomic E-state index is 4.28. The largest absolute Gasteiger partial charge is 0.352 e. The van der Waals surface area contributed by atoms with Crippen LogP contribution in [0.25, 0.3) is 0 Å². The van der Waals surface area contributed by atoms with Crippen LogP contribution >= 0.6 is 24.0 Å². The van der Waals surface area contributed by atoms with E-state index in [9.17, 15) is 0 Å². The minimum absolute atomic E-state index is 0. The van der Waals surface area contributed by atoms with E-state index in [1.807, 2.05) is 7.05 Å². The molecule has 2 rings (SSSR count). The minimum Gasteiger partial charge on any atom is -0.352 e. The molecule has 1 aliphatic rings. The van der Waals surface area contributed by atoms with Gasteiger partial charge in [0.05, 0.1) is 0 Å². The van der Waals surface area contributed by atoms with Crippen LogP contribution in [-0.2, 0) is 13.1 Å². The van der Waals surface area contributed by atoms with Crippen LogP contribution in [0.1, 0.15) is 51.7 Å². The van der Waals surface area contributed by atoms with Crippen LogP contribution in [0.3, 0.4) is 0 Å². The number of hydrogen-bond acceptors (Lipinski definition) is 2. The molecule has 0 amide bonds. The second-order valence-electron chi connectivity index (χ2n) is 8.10. The number of likely N-dealkylation sites (tertiary alicyclic amines) is 1. The summed E-state index contributed by atoms with van der Waals surface area (Å²) in [5.74, 6) is 1.68. The Morgan fingerprint density at radius 1 is 1.20 bits per heavy atom. The Bertz CT molecular complexity index is 534. The van der Waals surface area contributed by atoms with Gasteiger partial charge in [0, 0.05) is 32.2 Å². The lowest BCUT2D eigenvalue weighted by molar-refractivity contribution is 0.176. The molecule has 0 saturated carbocycles. The molecule has 0 spiro atoms. The predicted octanol–water partition coefficient (Wildman–Crippen LogP) is 4.00. The number of hydrogen-bond donors (Lipinski definition) is 2. The summed E-state index contributed by atoms with van der Waals surface area (Å²) in [6, 6.07) is 8.96. The summed E-state index contributed by atoms with van der Waals surface area (Å²) in [6.07, 6.45) is 2.72. The number of piperidine rings is 1. The molecule has 5 heteroatoms. The van der Waals surface area contributed by atoms with Gasteiger partial charge in [-0.1, -0.05) is 31.2 Å². The summed E-state index contributed by atoms with van der Waals surface area (Å²) in [7, 11) is 1.81. The van der Waals surface area contributed by atoms with Crippen LogP contribution < -0.4 is 10.6 Å². The van der Waals surface area contributed by atoms with Crippen molar-refractivity contribution in [3.8, 4) is 0 Å². The van der Waals surface area contributed by atoms with E-state index in [-0.39, 0.29) is 29.5 Å². The first-order valence-corrected chi connectivity index (χ1v) is 9.15. The zero-order chi connectivity index (χ0) is 17.6. The zero-order valence-corrected chi connectivity index (χ0v) is 18.8. The van der Waals surface area contributed by atoms with Crippen molar-refractivity contribution < 1.29 is 0 Å². The lowest BCUT2D eigenvalue weighted by Gasteiger charge is -2.30. The van der Waals surface area contributed by atoms with E-state index >= 15 is 0 Å². The third-order valence-electron chi connectivity index (χ3n) is 4.35. The SMILES string of the molecule is CN=C(NCc1ccc(CN2CCCC(C)C2)cc1)NC(C)(C)C.I. The van der Waals surface area contributed by atoms with Crippen molar-refractivity contribution in [2.45, 2.75) is 59.2 Å². The number of benzene rings is 1. The van der Waals surface area contributed by atoms with Gasteiger partial charge in [0.15, 0.2) is 5.96 Å². The van der Waals surface area contributed by atoms with Crippen molar-refractivity contribution >= 4 is 29.9 Å². The van der Waals surface area contributed by atoms with E-state index in [1.54, 1.807) is 0 Å². The summed E-state index contributed by atoms with van der Waals surface area (Å²) >= 11 is 0. The van der Waals surface area contributed by atoms with E-state index in [4.69, 9.17) is 0 Å². The molecule has 1 fully saturated rings. The van der Waals surface area contributed by atoms with Crippen LogP contribution in [0.2, 0.25) is 0 Å². The highest BCUT2D eigenvalue weighted by molar-refractivity contribution is 14.0. The average molecular weight is 458 g/mol. The lowest BCUT2D eigenvalue weighted by Crippen LogP contribution is -2.47. The van der Waals surface area contributed by atoms with Gasteiger partial charge >= 0.3 is 0 Å². The van der Waals surface area contributed by atoms with Gasteiger partial charge in [0.25, 0.3) is 0 Å². The molecule has 0 aliphatic carbocycles. The van der Waals surface area contributed by atoms with Gasteiger partial charge < -0.3 is 10.6 Å². The minimum atomic E-state index is 0. The molecule has 25 heavy (non-hydrogen) atoms. The molecule has 0 bridgehead atoms. The van der Waals surface area contributed by atoms with Crippen LogP contribution in [0.4, 0.5) is 0 Å². The summed E-state index contributed by atoms with van der Waals surface area (Å²) in [6.45, 7) is 13.1. The fraction of sp³-hybridized carbons (Fsp3) is 0.650. The molecule has 1 aromatic carbocycles. The normalized spacial score (nSPS) is 19.2. The Morgan fingerprint density at radius 2 is 1.84 bits per heavy atom. The molecule has 142 valence electrons. The summed E-state index contributed by atoms with van der Waals surface area (Å²) < 4.78 is 0. The van der Waals surface area contributed by atoms with Crippen molar-refractivity contribution in [1.82, 2.24) is 15.5 Å². The Labute approximate surface area is 170 Å². The van der Waals surface area contributed by atoms with Gasteiger partial charge in [-0.05, 0) is 57.2 Å². The highest BCUT2D eigenvalue weighted by Crippen LogP contribution is 2.18. The van der Waals surface area contributed by atoms with Gasteiger partial charge in [-0.25, -0.2) is 0 Å². The third kappa shape index (κ3) is 8.40. The van der Waals surface area contributed by atoms with E-state index in [0.717, 1.165) is 25.0 Å². The molecule has 1 saturated heterocycles. The number of aliphatic imine (C=N–C) groups is 1. The van der Waals surface area contributed by atoms with Crippen molar-refractivity contribution in [1.29, 1.82) is 0 Å². The van der Waals surface area contributed by atoms with E-state index in [1.165, 1.54) is 37.1 Å². The topological polar surface area (TPSA) is 39.7 Å². The van der Waals surface area contributed by atoms with Gasteiger partial charge in [0.1, 0.15) is 0 Å². The predicted molar refractivity (Wildman–Crippen MR) is 119 cm³/mol. The summed E-state index contributed by atoms with van der Waals surface area (Å²) in [5.41, 5.74) is 2.70. The van der Waals surface area contributed by atoms with Crippen LogP contribution in [-0.4, -0.2) is 36.5 Å². The van der Waals surface area contributed by atoms with Gasteiger partial charge in [-0.15, -0.1) is 24.0 Å². The molecule has 1 heterocycles. The van der Waals surface area contributed by atoms with E-state index in [2.05, 4.69) is 72.5 Å². The Kier molecular flexibility index (Phi) is 9.21. The molecule has 4 nitrogen and oxygen atoms in total. The fourth-order valence-corrected chi connectivity index (χ4v) is 3.17. The highest BCUT2D eigenvalue weighted by atomic mass is 127. The van der Waals surface area contributed by atoms with Gasteiger partial charge in [-0.3, -0.25) is 9.89 Å². The van der Waals surface area contributed by atoms with Crippen molar-refractivity contribution in [2.24, 2.45) is 10.9 Å². The number of nitrogens with zero attached hydrogens (tertiary/aromatic N) is 2. The number of halogens is 1. The molecule has 1 atom stereocenters. The quantitative estimate of drug-likeness (QED) is 0.407. The van der Waals surface area contributed by atoms with E-state index < -0.39 is 0 Å². The first-order valence-electron chi connectivity index (χ1n) is 9.15. The van der Waals surface area contributed by atoms with Gasteiger partial charge in [-0.2, -0.15) is 0 Å². The molecule has 0 radical (unpaired) electrons. The highest BCUT2D eigenvalue weighted by Gasteiger charge is 2.16. The lowest BCUT2D eigenvalue weighted by atomic mass is 9.99. The maximum absolute atomic E-state index is 4.28. The van der Waals surface area contributed by atoms with Crippen LogP contribution in [0.15, 0.2) is 29.3 Å². The molecular formula is C20H35IN4. The Morgan fingerprint density at radius 3 is 2.40 bits per heavy atom. The van der Waals surface area contributed by atoms with Crippen molar-refractivity contribution in [3.63, 3.8) is 0 Å². The zero-order valence-electron chi connectivity index (χ0n) is 16.4. The summed E-state index contributed by atoms with van der Waals surface area (Å²) in [4.78, 5) is 6.86. The fourth-order valence-electron chi connectivity index (χ4n) is 3.17. The number of rotatable bonds is 4. The number of nitrogens with one attached hydrogen (secondary N) is 2. The number of guanidine groups is 1. The second kappa shape index (κ2) is 10.4. The molecule has 1 unspecified atom stereocenters. The Hall–Kier alpha value is -0.820. The first kappa shape index (κ1) is 22.2. The van der Waals surface area contributed by atoms with Crippen LogP contribution in [0, 0.1) is 5.92 Å². The second-order valence-corrected chi connectivity index (χ2v) is 8.10. The average Bonchev–Trinajstić information content (AvgIpc) is 2.52. The van der Waals surface area contributed by atoms with Crippen LogP contribution in [0.5, 0.6) is 0 Å². The maximum Gasteiger partial charge on any atom is 0.191 e. The Balaban J connectivity index is 0.00000312. The van der Waals surface area contributed by atoms with E-state index in [0.29, 0.717) is 0 Å². The molecule has 2 N–H and O–H groups in total. The third-order valence-corrected chi connectivity index (χ3v) is 4.35. The molecule has 1 aliphatic heterocycles.